The van der Waals surface area contributed by atoms with Crippen LogP contribution in [0.15, 0.2) is 54.7 Å². The third-order valence-corrected chi connectivity index (χ3v) is 8.62. The van der Waals surface area contributed by atoms with Crippen LogP contribution in [0.5, 0.6) is 0 Å². The van der Waals surface area contributed by atoms with Crippen LogP contribution < -0.4 is 0 Å². The number of benzene rings is 2. The van der Waals surface area contributed by atoms with E-state index in [1.165, 1.54) is 22.7 Å². The molecule has 3 aliphatic rings. The quantitative estimate of drug-likeness (QED) is 0.666. The second-order valence-electron chi connectivity index (χ2n) is 9.33. The Labute approximate surface area is 219 Å². The fourth-order valence-electron chi connectivity index (χ4n) is 5.31. The van der Waals surface area contributed by atoms with Crippen LogP contribution in [0, 0.1) is 34.0 Å². The zero-order valence-electron chi connectivity index (χ0n) is 20.3. The van der Waals surface area contributed by atoms with Gasteiger partial charge in [0.1, 0.15) is 6.61 Å². The van der Waals surface area contributed by atoms with Gasteiger partial charge in [-0.1, -0.05) is 37.3 Å². The van der Waals surface area contributed by atoms with Crippen molar-refractivity contribution in [1.82, 2.24) is 14.7 Å². The molecule has 37 heavy (non-hydrogen) atoms. The van der Waals surface area contributed by atoms with Crippen molar-refractivity contribution in [2.45, 2.75) is 24.3 Å². The monoisotopic (exact) mass is 512 g/mol. The second kappa shape index (κ2) is 9.30. The number of nitriles is 2. The van der Waals surface area contributed by atoms with Gasteiger partial charge in [0.2, 0.25) is 11.9 Å². The fraction of sp³-hybridized carbons (Fsp3) is 0.296. The van der Waals surface area contributed by atoms with Crippen molar-refractivity contribution in [1.29, 1.82) is 15.9 Å². The van der Waals surface area contributed by atoms with E-state index in [1.807, 2.05) is 37.3 Å². The molecule has 0 aliphatic carbocycles. The molecule has 0 saturated carbocycles. The summed E-state index contributed by atoms with van der Waals surface area (Å²) < 4.78 is 5.57. The lowest BCUT2D eigenvalue weighted by molar-refractivity contribution is -0.136. The number of hydrogen-bond donors (Lipinski definition) is 1. The minimum absolute atomic E-state index is 0.0161. The Bertz CT molecular complexity index is 1380. The lowest BCUT2D eigenvalue weighted by Crippen LogP contribution is -2.70. The van der Waals surface area contributed by atoms with Crippen LogP contribution in [0.1, 0.15) is 29.2 Å². The molecule has 3 aliphatic heterocycles. The fourth-order valence-corrected chi connectivity index (χ4v) is 6.67. The number of carbonyl (C=O) groups excluding carboxylic acids is 2. The summed E-state index contributed by atoms with van der Waals surface area (Å²) in [6.07, 6.45) is 1.31. The molecule has 2 aromatic rings. The molecule has 9 nitrogen and oxygen atoms in total. The maximum Gasteiger partial charge on any atom is 0.410 e. The second-order valence-corrected chi connectivity index (χ2v) is 10.7. The molecule has 2 aromatic carbocycles. The number of amides is 2. The van der Waals surface area contributed by atoms with E-state index in [2.05, 4.69) is 12.1 Å². The van der Waals surface area contributed by atoms with E-state index in [9.17, 15) is 20.1 Å². The molecular formula is C27H24N6O3S. The van der Waals surface area contributed by atoms with Gasteiger partial charge in [0.25, 0.3) is 0 Å². The molecule has 10 heteroatoms. The number of nitrogens with one attached hydrogen (secondary N) is 1. The number of ether oxygens (including phenoxy) is 1. The normalized spacial score (nSPS) is 24.5. The minimum atomic E-state index is -0.828. The molecule has 2 saturated heterocycles. The van der Waals surface area contributed by atoms with Crippen molar-refractivity contribution in [2.24, 2.45) is 5.92 Å². The van der Waals surface area contributed by atoms with Crippen molar-refractivity contribution in [2.75, 3.05) is 20.1 Å². The van der Waals surface area contributed by atoms with Gasteiger partial charge in [0.05, 0.1) is 34.7 Å². The van der Waals surface area contributed by atoms with E-state index < -0.39 is 17.6 Å². The van der Waals surface area contributed by atoms with Crippen LogP contribution in [0.2, 0.25) is 0 Å². The van der Waals surface area contributed by atoms with Gasteiger partial charge in [-0.25, -0.2) is 4.79 Å². The van der Waals surface area contributed by atoms with E-state index in [-0.39, 0.29) is 36.8 Å². The topological polar surface area (TPSA) is 125 Å². The summed E-state index contributed by atoms with van der Waals surface area (Å²) in [5.41, 5.74) is 1.48. The number of carbonyl (C=O) groups is 2. The van der Waals surface area contributed by atoms with E-state index in [1.54, 1.807) is 35.2 Å². The Morgan fingerprint density at radius 1 is 1.19 bits per heavy atom. The largest absolute Gasteiger partial charge is 0.445 e. The Kier molecular flexibility index (Phi) is 6.14. The first-order valence-corrected chi connectivity index (χ1v) is 12.6. The zero-order chi connectivity index (χ0) is 26.3. The van der Waals surface area contributed by atoms with Crippen molar-refractivity contribution in [3.8, 4) is 12.1 Å². The first-order valence-electron chi connectivity index (χ1n) is 11.7. The van der Waals surface area contributed by atoms with Crippen molar-refractivity contribution < 1.29 is 14.3 Å². The molecule has 3 unspecified atom stereocenters. The number of guanidine groups is 1. The molecule has 0 aromatic heterocycles. The number of nitrogens with zero attached hydrogens (tertiary/aromatic N) is 5. The van der Waals surface area contributed by atoms with E-state index >= 15 is 0 Å². The summed E-state index contributed by atoms with van der Waals surface area (Å²) >= 11 is 1.51. The van der Waals surface area contributed by atoms with Crippen LogP contribution >= 0.6 is 11.8 Å². The van der Waals surface area contributed by atoms with Crippen molar-refractivity contribution in [3.63, 3.8) is 0 Å². The van der Waals surface area contributed by atoms with Gasteiger partial charge in [-0.15, -0.1) is 11.8 Å². The summed E-state index contributed by atoms with van der Waals surface area (Å²) in [6.45, 7) is 2.54. The Morgan fingerprint density at radius 2 is 1.86 bits per heavy atom. The number of likely N-dealkylation sites (tertiary alicyclic amines) is 1. The summed E-state index contributed by atoms with van der Waals surface area (Å²) in [7, 11) is 1.56. The lowest BCUT2D eigenvalue weighted by atomic mass is 9.79. The van der Waals surface area contributed by atoms with Gasteiger partial charge in [0.15, 0.2) is 0 Å². The van der Waals surface area contributed by atoms with E-state index in [0.29, 0.717) is 16.7 Å². The van der Waals surface area contributed by atoms with E-state index in [0.717, 1.165) is 10.5 Å². The first kappa shape index (κ1) is 24.4. The lowest BCUT2D eigenvalue weighted by Gasteiger charge is -2.54. The Hall–Kier alpha value is -4.28. The van der Waals surface area contributed by atoms with Crippen molar-refractivity contribution in [3.05, 3.63) is 77.0 Å². The predicted molar refractivity (Wildman–Crippen MR) is 138 cm³/mol. The standard InChI is InChI=1S/C27H24N6O3S/c1-17-27-16-32(26(35)36-15-18-6-4-3-5-7-18)13-22(27)24(34)31(2)25(30)33(27)14-23(37-17)21-9-19(11-28)8-20(10-21)12-29/h3-10,14,17,22,30H,13,15-16H2,1-2H3. The summed E-state index contributed by atoms with van der Waals surface area (Å²) in [5, 5.41) is 27.4. The minimum Gasteiger partial charge on any atom is -0.445 e. The maximum atomic E-state index is 13.4. The summed E-state index contributed by atoms with van der Waals surface area (Å²) in [5.74, 6) is -0.735. The third kappa shape index (κ3) is 4.00. The molecule has 0 bridgehead atoms. The molecule has 2 fully saturated rings. The smallest absolute Gasteiger partial charge is 0.410 e. The van der Waals surface area contributed by atoms with Gasteiger partial charge >= 0.3 is 6.09 Å². The number of thioether (sulfide) groups is 1. The van der Waals surface area contributed by atoms with Gasteiger partial charge in [-0.3, -0.25) is 15.1 Å². The zero-order valence-corrected chi connectivity index (χ0v) is 21.2. The summed E-state index contributed by atoms with van der Waals surface area (Å²) in [6, 6.07) is 18.5. The van der Waals surface area contributed by atoms with Crippen LogP contribution in [0.3, 0.4) is 0 Å². The highest BCUT2D eigenvalue weighted by Crippen LogP contribution is 2.52. The van der Waals surface area contributed by atoms with Gasteiger partial charge in [-0.2, -0.15) is 10.5 Å². The first-order chi connectivity index (χ1) is 17.8. The molecular weight excluding hydrogens is 488 g/mol. The molecule has 1 spiro atoms. The molecule has 2 amide bonds. The highest BCUT2D eigenvalue weighted by molar-refractivity contribution is 8.09. The molecule has 3 atom stereocenters. The third-order valence-electron chi connectivity index (χ3n) is 7.27. The average Bonchev–Trinajstić information content (AvgIpc) is 3.33. The van der Waals surface area contributed by atoms with Crippen LogP contribution in [0.25, 0.3) is 4.91 Å². The molecule has 186 valence electrons. The van der Waals surface area contributed by atoms with Gasteiger partial charge in [-0.05, 0) is 29.3 Å². The maximum absolute atomic E-state index is 13.4. The van der Waals surface area contributed by atoms with Crippen LogP contribution in [-0.2, 0) is 16.1 Å². The number of hydrogen-bond acceptors (Lipinski definition) is 7. The molecule has 1 N–H and O–H groups in total. The SMILES string of the molecule is CC1SC(c2cc(C#N)cc(C#N)c2)=CN2C(=N)N(C)C(=O)C3CN(C(=O)OCc4ccccc4)CC132. The van der Waals surface area contributed by atoms with E-state index in [4.69, 9.17) is 10.1 Å². The summed E-state index contributed by atoms with van der Waals surface area (Å²) in [4.78, 5) is 31.9. The highest BCUT2D eigenvalue weighted by Gasteiger charge is 2.63. The molecule has 3 heterocycles. The average molecular weight is 513 g/mol. The van der Waals surface area contributed by atoms with Crippen LogP contribution in [0.4, 0.5) is 4.79 Å². The predicted octanol–water partition coefficient (Wildman–Crippen LogP) is 3.58. The Morgan fingerprint density at radius 3 is 2.51 bits per heavy atom. The van der Waals surface area contributed by atoms with Gasteiger partial charge < -0.3 is 14.5 Å². The Balaban J connectivity index is 1.49. The molecule has 0 radical (unpaired) electrons. The highest BCUT2D eigenvalue weighted by atomic mass is 32.2. The van der Waals surface area contributed by atoms with Crippen LogP contribution in [-0.4, -0.2) is 63.6 Å². The molecule has 5 rings (SSSR count). The van der Waals surface area contributed by atoms with Crippen molar-refractivity contribution >= 4 is 34.6 Å². The van der Waals surface area contributed by atoms with Gasteiger partial charge in [0, 0.05) is 36.5 Å². The number of rotatable bonds is 3.